The molecule has 0 aliphatic heterocycles. The first-order valence-electron chi connectivity index (χ1n) is 8.06. The first kappa shape index (κ1) is 16.8. The lowest BCUT2D eigenvalue weighted by Crippen LogP contribution is -2.06. The lowest BCUT2D eigenvalue weighted by molar-refractivity contribution is 0.563. The van der Waals surface area contributed by atoms with E-state index in [1.807, 2.05) is 18.2 Å². The third kappa shape index (κ3) is 3.03. The SMILES string of the molecule is N#Cc1c(-c2cccc(Cl)c2)cc(-c2cc3ccccc3oc2=O)nc1N. The molecule has 0 aliphatic carbocycles. The number of anilines is 1. The first-order chi connectivity index (χ1) is 13.1. The van der Waals surface area contributed by atoms with Gasteiger partial charge in [0.05, 0.1) is 11.3 Å². The third-order valence-electron chi connectivity index (χ3n) is 4.21. The number of nitrogen functional groups attached to an aromatic ring is 1. The minimum absolute atomic E-state index is 0.0394. The van der Waals surface area contributed by atoms with Crippen molar-refractivity contribution in [2.45, 2.75) is 0 Å². The Hall–Kier alpha value is -3.62. The monoisotopic (exact) mass is 373 g/mol. The number of para-hydroxylation sites is 1. The van der Waals surface area contributed by atoms with Crippen molar-refractivity contribution >= 4 is 28.4 Å². The molecule has 130 valence electrons. The van der Waals surface area contributed by atoms with Crippen LogP contribution in [-0.4, -0.2) is 4.98 Å². The van der Waals surface area contributed by atoms with Crippen LogP contribution in [-0.2, 0) is 0 Å². The average Bonchev–Trinajstić information content (AvgIpc) is 2.66. The first-order valence-corrected chi connectivity index (χ1v) is 8.44. The van der Waals surface area contributed by atoms with Crippen LogP contribution in [0.25, 0.3) is 33.4 Å². The molecule has 0 saturated carbocycles. The predicted octanol–water partition coefficient (Wildman–Crippen LogP) is 4.63. The van der Waals surface area contributed by atoms with Gasteiger partial charge in [-0.25, -0.2) is 9.78 Å². The van der Waals surface area contributed by atoms with Gasteiger partial charge in [0.15, 0.2) is 0 Å². The van der Waals surface area contributed by atoms with Gasteiger partial charge in [0, 0.05) is 16.0 Å². The van der Waals surface area contributed by atoms with Gasteiger partial charge in [0.25, 0.3) is 0 Å². The Morgan fingerprint density at radius 2 is 1.85 bits per heavy atom. The van der Waals surface area contributed by atoms with Gasteiger partial charge in [-0.15, -0.1) is 0 Å². The van der Waals surface area contributed by atoms with Crippen LogP contribution in [0.1, 0.15) is 5.56 Å². The Kier molecular flexibility index (Phi) is 4.11. The minimum Gasteiger partial charge on any atom is -0.422 e. The average molecular weight is 374 g/mol. The fraction of sp³-hybridized carbons (Fsp3) is 0. The lowest BCUT2D eigenvalue weighted by atomic mass is 9.98. The fourth-order valence-corrected chi connectivity index (χ4v) is 3.13. The number of hydrogen-bond acceptors (Lipinski definition) is 5. The van der Waals surface area contributed by atoms with E-state index in [-0.39, 0.29) is 16.9 Å². The second kappa shape index (κ2) is 6.60. The van der Waals surface area contributed by atoms with Crippen molar-refractivity contribution in [3.8, 4) is 28.5 Å². The standard InChI is InChI=1S/C21H12ClN3O2/c22-14-6-3-5-12(8-14)15-10-18(25-20(24)17(15)11-23)16-9-13-4-1-2-7-19(13)27-21(16)26/h1-10H,(H2,24,25). The van der Waals surface area contributed by atoms with Gasteiger partial charge in [0.2, 0.25) is 0 Å². The maximum atomic E-state index is 12.5. The van der Waals surface area contributed by atoms with Gasteiger partial charge in [-0.3, -0.25) is 0 Å². The summed E-state index contributed by atoms with van der Waals surface area (Å²) in [6.45, 7) is 0. The molecule has 0 radical (unpaired) electrons. The molecule has 0 amide bonds. The molecule has 6 heteroatoms. The molecular formula is C21H12ClN3O2. The van der Waals surface area contributed by atoms with Gasteiger partial charge in [-0.2, -0.15) is 5.26 Å². The van der Waals surface area contributed by atoms with Crippen LogP contribution >= 0.6 is 11.6 Å². The smallest absolute Gasteiger partial charge is 0.345 e. The maximum absolute atomic E-state index is 12.5. The molecule has 2 aromatic heterocycles. The van der Waals surface area contributed by atoms with Gasteiger partial charge in [-0.1, -0.05) is 41.9 Å². The van der Waals surface area contributed by atoms with Crippen LogP contribution in [0.3, 0.4) is 0 Å². The molecule has 2 heterocycles. The van der Waals surface area contributed by atoms with Gasteiger partial charge in [0.1, 0.15) is 23.0 Å². The van der Waals surface area contributed by atoms with Crippen molar-refractivity contribution in [2.75, 3.05) is 5.73 Å². The highest BCUT2D eigenvalue weighted by Crippen LogP contribution is 2.32. The van der Waals surface area contributed by atoms with Crippen LogP contribution in [0.15, 0.2) is 69.9 Å². The summed E-state index contributed by atoms with van der Waals surface area (Å²) >= 11 is 6.08. The Morgan fingerprint density at radius 1 is 1.04 bits per heavy atom. The van der Waals surface area contributed by atoms with E-state index in [9.17, 15) is 10.1 Å². The van der Waals surface area contributed by atoms with E-state index in [1.54, 1.807) is 42.5 Å². The predicted molar refractivity (Wildman–Crippen MR) is 105 cm³/mol. The normalized spacial score (nSPS) is 10.7. The molecule has 0 atom stereocenters. The molecule has 2 aromatic carbocycles. The summed E-state index contributed by atoms with van der Waals surface area (Å²) < 4.78 is 5.39. The summed E-state index contributed by atoms with van der Waals surface area (Å²) in [5, 5.41) is 10.8. The Labute approximate surface area is 159 Å². The highest BCUT2D eigenvalue weighted by Gasteiger charge is 2.16. The molecule has 0 fully saturated rings. The second-order valence-corrected chi connectivity index (χ2v) is 6.36. The molecular weight excluding hydrogens is 362 g/mol. The summed E-state index contributed by atoms with van der Waals surface area (Å²) in [7, 11) is 0. The molecule has 5 nitrogen and oxygen atoms in total. The zero-order valence-electron chi connectivity index (χ0n) is 13.9. The second-order valence-electron chi connectivity index (χ2n) is 5.92. The number of aromatic nitrogens is 1. The molecule has 27 heavy (non-hydrogen) atoms. The number of nitriles is 1. The molecule has 0 bridgehead atoms. The highest BCUT2D eigenvalue weighted by molar-refractivity contribution is 6.30. The van der Waals surface area contributed by atoms with Gasteiger partial charge >= 0.3 is 5.63 Å². The topological polar surface area (TPSA) is 92.9 Å². The van der Waals surface area contributed by atoms with E-state index in [1.165, 1.54) is 0 Å². The largest absolute Gasteiger partial charge is 0.422 e. The van der Waals surface area contributed by atoms with Crippen molar-refractivity contribution in [1.82, 2.24) is 4.98 Å². The third-order valence-corrected chi connectivity index (χ3v) is 4.45. The van der Waals surface area contributed by atoms with Crippen molar-refractivity contribution < 1.29 is 4.42 Å². The van der Waals surface area contributed by atoms with Crippen molar-refractivity contribution in [1.29, 1.82) is 5.26 Å². The highest BCUT2D eigenvalue weighted by atomic mass is 35.5. The van der Waals surface area contributed by atoms with Crippen molar-refractivity contribution in [3.05, 3.63) is 81.7 Å². The fourth-order valence-electron chi connectivity index (χ4n) is 2.94. The number of halogens is 1. The molecule has 0 aliphatic rings. The molecule has 4 aromatic rings. The van der Waals surface area contributed by atoms with Crippen LogP contribution in [0, 0.1) is 11.3 Å². The van der Waals surface area contributed by atoms with E-state index in [0.717, 1.165) is 5.39 Å². The number of fused-ring (bicyclic) bond motifs is 1. The van der Waals surface area contributed by atoms with Gasteiger partial charge in [-0.05, 0) is 35.9 Å². The summed E-state index contributed by atoms with van der Waals surface area (Å²) in [4.78, 5) is 16.7. The Balaban J connectivity index is 1.99. The van der Waals surface area contributed by atoms with Crippen LogP contribution in [0.4, 0.5) is 5.82 Å². The zero-order chi connectivity index (χ0) is 19.0. The van der Waals surface area contributed by atoms with Crippen LogP contribution in [0.5, 0.6) is 0 Å². The van der Waals surface area contributed by atoms with E-state index < -0.39 is 5.63 Å². The zero-order valence-corrected chi connectivity index (χ0v) is 14.7. The molecule has 0 spiro atoms. The Morgan fingerprint density at radius 3 is 2.63 bits per heavy atom. The molecule has 0 saturated heterocycles. The number of nitrogens with two attached hydrogens (primary N) is 1. The molecule has 0 unspecified atom stereocenters. The lowest BCUT2D eigenvalue weighted by Gasteiger charge is -2.10. The molecule has 2 N–H and O–H groups in total. The van der Waals surface area contributed by atoms with E-state index in [4.69, 9.17) is 21.8 Å². The number of nitrogens with zero attached hydrogens (tertiary/aromatic N) is 2. The summed E-state index contributed by atoms with van der Waals surface area (Å²) in [6, 6.07) is 19.7. The van der Waals surface area contributed by atoms with E-state index in [2.05, 4.69) is 11.1 Å². The summed E-state index contributed by atoms with van der Waals surface area (Å²) in [6.07, 6.45) is 0. The van der Waals surface area contributed by atoms with E-state index in [0.29, 0.717) is 27.4 Å². The maximum Gasteiger partial charge on any atom is 0.345 e. The van der Waals surface area contributed by atoms with Crippen LogP contribution < -0.4 is 11.4 Å². The molecule has 4 rings (SSSR count). The summed E-state index contributed by atoms with van der Waals surface area (Å²) in [5.41, 5.74) is 8.06. The summed E-state index contributed by atoms with van der Waals surface area (Å²) in [5.74, 6) is 0.0394. The quantitative estimate of drug-likeness (QED) is 0.517. The minimum atomic E-state index is -0.526. The number of benzene rings is 2. The van der Waals surface area contributed by atoms with E-state index >= 15 is 0 Å². The Bertz CT molecular complexity index is 1290. The number of hydrogen-bond donors (Lipinski definition) is 1. The van der Waals surface area contributed by atoms with Crippen molar-refractivity contribution in [3.63, 3.8) is 0 Å². The van der Waals surface area contributed by atoms with Crippen molar-refractivity contribution in [2.24, 2.45) is 0 Å². The van der Waals surface area contributed by atoms with Crippen LogP contribution in [0.2, 0.25) is 5.02 Å². The number of pyridine rings is 1. The van der Waals surface area contributed by atoms with Gasteiger partial charge < -0.3 is 10.2 Å². The number of rotatable bonds is 2.